The lowest BCUT2D eigenvalue weighted by Gasteiger charge is -2.16. The summed E-state index contributed by atoms with van der Waals surface area (Å²) in [4.78, 5) is 40.5. The number of aromatic nitrogens is 3. The van der Waals surface area contributed by atoms with Crippen LogP contribution in [0.15, 0.2) is 36.4 Å². The normalized spacial score (nSPS) is 11.6. The molecule has 0 spiro atoms. The van der Waals surface area contributed by atoms with Crippen molar-refractivity contribution in [2.75, 3.05) is 0 Å². The highest BCUT2D eigenvalue weighted by molar-refractivity contribution is 6.32. The SMILES string of the molecule is Cc1c(-c2c(C(N)=O)nc3cc(F)c(Cl)cc3c2C(N)=O)c(C(F)(F)F)nn1Cc1cccc(C(N)=O)c1. The van der Waals surface area contributed by atoms with Crippen LogP contribution < -0.4 is 17.2 Å². The van der Waals surface area contributed by atoms with Gasteiger partial charge in [-0.05, 0) is 30.7 Å². The molecule has 0 atom stereocenters. The van der Waals surface area contributed by atoms with Crippen molar-refractivity contribution in [3.05, 3.63) is 81.0 Å². The van der Waals surface area contributed by atoms with E-state index in [0.717, 1.165) is 16.8 Å². The molecular formula is C24H17ClF4N6O3. The van der Waals surface area contributed by atoms with Crippen molar-refractivity contribution >= 4 is 40.2 Å². The second-order valence-electron chi connectivity index (χ2n) is 8.25. The standard InChI is InChI=1S/C24H17ClF4N6O3/c1-9-16(20(24(27,28)29)34-35(9)8-10-3-2-4-11(5-10)21(30)36)18-17(22(31)37)12-6-13(25)14(26)7-15(12)33-19(18)23(32)38/h2-7H,8H2,1H3,(H2,30,36)(H2,31,37)(H2,32,38). The molecule has 0 saturated heterocycles. The van der Waals surface area contributed by atoms with Crippen LogP contribution in [-0.2, 0) is 12.7 Å². The largest absolute Gasteiger partial charge is 0.435 e. The molecule has 14 heteroatoms. The molecule has 0 saturated carbocycles. The fourth-order valence-electron chi connectivity index (χ4n) is 4.13. The Morgan fingerprint density at radius 2 is 1.68 bits per heavy atom. The third-order valence-corrected chi connectivity index (χ3v) is 6.07. The first-order chi connectivity index (χ1) is 17.7. The smallest absolute Gasteiger partial charge is 0.366 e. The van der Waals surface area contributed by atoms with Crippen molar-refractivity contribution < 1.29 is 31.9 Å². The predicted molar refractivity (Wildman–Crippen MR) is 129 cm³/mol. The van der Waals surface area contributed by atoms with Gasteiger partial charge in [-0.25, -0.2) is 9.37 Å². The molecule has 0 aliphatic heterocycles. The second-order valence-corrected chi connectivity index (χ2v) is 8.66. The number of nitrogens with zero attached hydrogens (tertiary/aromatic N) is 3. The highest BCUT2D eigenvalue weighted by atomic mass is 35.5. The molecular weight excluding hydrogens is 532 g/mol. The van der Waals surface area contributed by atoms with Gasteiger partial charge < -0.3 is 17.2 Å². The average molecular weight is 549 g/mol. The van der Waals surface area contributed by atoms with Crippen LogP contribution in [0.2, 0.25) is 5.02 Å². The summed E-state index contributed by atoms with van der Waals surface area (Å²) in [5, 5.41) is 3.04. The van der Waals surface area contributed by atoms with Gasteiger partial charge in [0, 0.05) is 33.8 Å². The van der Waals surface area contributed by atoms with E-state index >= 15 is 0 Å². The quantitative estimate of drug-likeness (QED) is 0.314. The maximum Gasteiger partial charge on any atom is 0.435 e. The number of carbonyl (C=O) groups excluding carboxylic acids is 3. The highest BCUT2D eigenvalue weighted by Gasteiger charge is 2.41. The van der Waals surface area contributed by atoms with Crippen LogP contribution in [0.1, 0.15) is 48.2 Å². The van der Waals surface area contributed by atoms with Gasteiger partial charge in [0.25, 0.3) is 5.91 Å². The number of pyridine rings is 1. The maximum atomic E-state index is 14.3. The molecule has 2 heterocycles. The number of primary amides is 3. The zero-order valence-electron chi connectivity index (χ0n) is 19.4. The average Bonchev–Trinajstić information content (AvgIpc) is 3.14. The van der Waals surface area contributed by atoms with Crippen molar-refractivity contribution in [3.63, 3.8) is 0 Å². The first-order valence-electron chi connectivity index (χ1n) is 10.7. The zero-order chi connectivity index (χ0) is 28.1. The molecule has 4 aromatic rings. The van der Waals surface area contributed by atoms with Gasteiger partial charge in [-0.15, -0.1) is 0 Å². The fourth-order valence-corrected chi connectivity index (χ4v) is 4.29. The number of nitrogens with two attached hydrogens (primary N) is 3. The van der Waals surface area contributed by atoms with Gasteiger partial charge in [-0.2, -0.15) is 18.3 Å². The molecule has 4 rings (SSSR count). The van der Waals surface area contributed by atoms with Crippen molar-refractivity contribution in [2.24, 2.45) is 17.2 Å². The summed E-state index contributed by atoms with van der Waals surface area (Å²) in [6, 6.07) is 7.61. The molecule has 0 radical (unpaired) electrons. The van der Waals surface area contributed by atoms with Crippen LogP contribution in [0, 0.1) is 12.7 Å². The van der Waals surface area contributed by atoms with Crippen molar-refractivity contribution in [1.29, 1.82) is 0 Å². The Bertz CT molecular complexity index is 1670. The summed E-state index contributed by atoms with van der Waals surface area (Å²) in [6.45, 7) is 1.03. The number of alkyl halides is 3. The molecule has 38 heavy (non-hydrogen) atoms. The number of hydrogen-bond donors (Lipinski definition) is 3. The lowest BCUT2D eigenvalue weighted by atomic mass is 9.92. The summed E-state index contributed by atoms with van der Waals surface area (Å²) in [6.07, 6.45) is -5.07. The van der Waals surface area contributed by atoms with E-state index in [2.05, 4.69) is 10.1 Å². The first kappa shape index (κ1) is 26.5. The first-order valence-corrected chi connectivity index (χ1v) is 11.0. The van der Waals surface area contributed by atoms with Crippen LogP contribution in [0.25, 0.3) is 22.0 Å². The van der Waals surface area contributed by atoms with E-state index in [-0.39, 0.29) is 28.7 Å². The van der Waals surface area contributed by atoms with Gasteiger partial charge >= 0.3 is 6.18 Å². The summed E-state index contributed by atoms with van der Waals surface area (Å²) in [5.41, 5.74) is 12.3. The highest BCUT2D eigenvalue weighted by Crippen LogP contribution is 2.43. The Kier molecular flexibility index (Phi) is 6.57. The number of hydrogen-bond acceptors (Lipinski definition) is 5. The molecule has 0 unspecified atom stereocenters. The van der Waals surface area contributed by atoms with E-state index in [4.69, 9.17) is 28.8 Å². The van der Waals surface area contributed by atoms with Crippen LogP contribution in [0.3, 0.4) is 0 Å². The Labute approximate surface area is 216 Å². The van der Waals surface area contributed by atoms with E-state index < -0.39 is 62.8 Å². The summed E-state index contributed by atoms with van der Waals surface area (Å²) in [7, 11) is 0. The number of rotatable bonds is 6. The lowest BCUT2D eigenvalue weighted by molar-refractivity contribution is -0.141. The van der Waals surface area contributed by atoms with Crippen molar-refractivity contribution in [2.45, 2.75) is 19.6 Å². The Balaban J connectivity index is 2.09. The molecule has 3 amide bonds. The zero-order valence-corrected chi connectivity index (χ0v) is 20.1. The second kappa shape index (κ2) is 9.41. The molecule has 6 N–H and O–H groups in total. The Morgan fingerprint density at radius 1 is 1.00 bits per heavy atom. The van der Waals surface area contributed by atoms with Gasteiger partial charge in [-0.3, -0.25) is 19.1 Å². The number of fused-ring (bicyclic) bond motifs is 1. The third-order valence-electron chi connectivity index (χ3n) is 5.78. The van der Waals surface area contributed by atoms with Crippen molar-refractivity contribution in [1.82, 2.24) is 14.8 Å². The lowest BCUT2D eigenvalue weighted by Crippen LogP contribution is -2.21. The molecule has 0 aliphatic carbocycles. The summed E-state index contributed by atoms with van der Waals surface area (Å²) >= 11 is 5.85. The van der Waals surface area contributed by atoms with E-state index in [0.29, 0.717) is 5.56 Å². The van der Waals surface area contributed by atoms with E-state index in [1.807, 2.05) is 0 Å². The van der Waals surface area contributed by atoms with E-state index in [1.165, 1.54) is 31.2 Å². The van der Waals surface area contributed by atoms with Crippen LogP contribution in [0.4, 0.5) is 17.6 Å². The minimum atomic E-state index is -5.07. The van der Waals surface area contributed by atoms with E-state index in [1.54, 1.807) is 0 Å². The maximum absolute atomic E-state index is 14.3. The van der Waals surface area contributed by atoms with Gasteiger partial charge in [0.2, 0.25) is 11.8 Å². The Hall–Kier alpha value is -4.52. The summed E-state index contributed by atoms with van der Waals surface area (Å²) < 4.78 is 57.9. The Morgan fingerprint density at radius 3 is 2.26 bits per heavy atom. The monoisotopic (exact) mass is 548 g/mol. The van der Waals surface area contributed by atoms with Gasteiger partial charge in [-0.1, -0.05) is 23.7 Å². The molecule has 9 nitrogen and oxygen atoms in total. The third kappa shape index (κ3) is 4.63. The molecule has 0 bridgehead atoms. The molecule has 196 valence electrons. The fraction of sp³-hybridized carbons (Fsp3) is 0.125. The van der Waals surface area contributed by atoms with Gasteiger partial charge in [0.1, 0.15) is 11.5 Å². The van der Waals surface area contributed by atoms with Gasteiger partial charge in [0.05, 0.1) is 22.6 Å². The van der Waals surface area contributed by atoms with Gasteiger partial charge in [0.15, 0.2) is 5.69 Å². The molecule has 2 aromatic heterocycles. The minimum absolute atomic E-state index is 0.124. The molecule has 0 aliphatic rings. The van der Waals surface area contributed by atoms with Crippen LogP contribution in [0.5, 0.6) is 0 Å². The number of carbonyl (C=O) groups is 3. The van der Waals surface area contributed by atoms with Crippen molar-refractivity contribution in [3.8, 4) is 11.1 Å². The van der Waals surface area contributed by atoms with Crippen LogP contribution >= 0.6 is 11.6 Å². The predicted octanol–water partition coefficient (Wildman–Crippen LogP) is 3.56. The molecule has 2 aromatic carbocycles. The minimum Gasteiger partial charge on any atom is -0.366 e. The topological polar surface area (TPSA) is 160 Å². The number of amides is 3. The van der Waals surface area contributed by atoms with E-state index in [9.17, 15) is 31.9 Å². The number of benzene rings is 2. The summed E-state index contributed by atoms with van der Waals surface area (Å²) in [5.74, 6) is -4.24. The molecule has 0 fully saturated rings. The van der Waals surface area contributed by atoms with Crippen LogP contribution in [-0.4, -0.2) is 32.5 Å². The number of halogens is 5.